The monoisotopic (exact) mass is 254 g/mol. The van der Waals surface area contributed by atoms with E-state index in [0.717, 1.165) is 12.1 Å². The van der Waals surface area contributed by atoms with Gasteiger partial charge in [-0.25, -0.2) is 0 Å². The molecule has 94 valence electrons. The minimum Gasteiger partial charge on any atom is -0.382 e. The highest BCUT2D eigenvalue weighted by Gasteiger charge is 2.30. The highest BCUT2D eigenvalue weighted by atomic mass is 19.4. The van der Waals surface area contributed by atoms with Gasteiger partial charge in [-0.15, -0.1) is 0 Å². The average molecular weight is 254 g/mol. The van der Waals surface area contributed by atoms with E-state index >= 15 is 0 Å². The largest absolute Gasteiger partial charge is 0.416 e. The van der Waals surface area contributed by atoms with Crippen LogP contribution in [-0.2, 0) is 6.18 Å². The topological polar surface area (TPSA) is 46.0 Å². The number of aliphatic hydroxyl groups is 1. The van der Waals surface area contributed by atoms with Gasteiger partial charge in [-0.3, -0.25) is 9.97 Å². The fourth-order valence-electron chi connectivity index (χ4n) is 1.48. The Balaban J connectivity index is 2.25. The summed E-state index contributed by atoms with van der Waals surface area (Å²) in [6, 6.07) is 4.30. The van der Waals surface area contributed by atoms with Gasteiger partial charge in [0.15, 0.2) is 0 Å². The number of halogens is 3. The SMILES string of the molecule is OC(c1ccc(C(F)(F)F)cc1)c1cnccn1. The van der Waals surface area contributed by atoms with E-state index in [4.69, 9.17) is 0 Å². The molecule has 0 bridgehead atoms. The van der Waals surface area contributed by atoms with Crippen molar-refractivity contribution in [2.24, 2.45) is 0 Å². The van der Waals surface area contributed by atoms with Crippen molar-refractivity contribution < 1.29 is 18.3 Å². The summed E-state index contributed by atoms with van der Waals surface area (Å²) in [5.41, 5.74) is -0.127. The van der Waals surface area contributed by atoms with E-state index in [2.05, 4.69) is 9.97 Å². The van der Waals surface area contributed by atoms with Gasteiger partial charge in [0.1, 0.15) is 6.10 Å². The second kappa shape index (κ2) is 4.73. The number of nitrogens with zero attached hydrogens (tertiary/aromatic N) is 2. The normalized spacial score (nSPS) is 13.3. The smallest absolute Gasteiger partial charge is 0.382 e. The van der Waals surface area contributed by atoms with E-state index < -0.39 is 17.8 Å². The fourth-order valence-corrected chi connectivity index (χ4v) is 1.48. The molecule has 2 rings (SSSR count). The van der Waals surface area contributed by atoms with Crippen LogP contribution in [0, 0.1) is 0 Å². The second-order valence-corrected chi connectivity index (χ2v) is 3.65. The van der Waals surface area contributed by atoms with Gasteiger partial charge in [-0.1, -0.05) is 12.1 Å². The molecule has 1 unspecified atom stereocenters. The molecule has 6 heteroatoms. The Morgan fingerprint density at radius 3 is 2.22 bits per heavy atom. The molecule has 1 heterocycles. The van der Waals surface area contributed by atoms with Crippen LogP contribution in [0.5, 0.6) is 0 Å². The Hall–Kier alpha value is -1.95. The minimum atomic E-state index is -4.38. The quantitative estimate of drug-likeness (QED) is 0.895. The predicted octanol–water partition coefficient (Wildman–Crippen LogP) is 2.58. The van der Waals surface area contributed by atoms with E-state index in [1.807, 2.05) is 0 Å². The molecule has 1 atom stereocenters. The van der Waals surface area contributed by atoms with Crippen molar-refractivity contribution in [2.45, 2.75) is 12.3 Å². The standard InChI is InChI=1S/C12H9F3N2O/c13-12(14,15)9-3-1-8(2-4-9)11(18)10-7-16-5-6-17-10/h1-7,11,18H. The number of benzene rings is 1. The third-order valence-electron chi connectivity index (χ3n) is 2.42. The van der Waals surface area contributed by atoms with Gasteiger partial charge < -0.3 is 5.11 Å². The Kier molecular flexibility index (Phi) is 3.29. The van der Waals surface area contributed by atoms with Crippen LogP contribution in [0.25, 0.3) is 0 Å². The third-order valence-corrected chi connectivity index (χ3v) is 2.42. The highest BCUT2D eigenvalue weighted by Crippen LogP contribution is 2.30. The summed E-state index contributed by atoms with van der Waals surface area (Å²) >= 11 is 0. The third kappa shape index (κ3) is 2.65. The second-order valence-electron chi connectivity index (χ2n) is 3.65. The number of aliphatic hydroxyl groups excluding tert-OH is 1. The lowest BCUT2D eigenvalue weighted by Crippen LogP contribution is -2.06. The van der Waals surface area contributed by atoms with Gasteiger partial charge >= 0.3 is 6.18 Å². The van der Waals surface area contributed by atoms with Crippen molar-refractivity contribution in [1.29, 1.82) is 0 Å². The summed E-state index contributed by atoms with van der Waals surface area (Å²) in [5, 5.41) is 9.90. The first-order valence-corrected chi connectivity index (χ1v) is 5.09. The molecule has 1 aromatic heterocycles. The number of alkyl halides is 3. The Morgan fingerprint density at radius 1 is 1.06 bits per heavy atom. The molecule has 0 fully saturated rings. The maximum absolute atomic E-state index is 12.4. The Labute approximate surface area is 101 Å². The van der Waals surface area contributed by atoms with Gasteiger partial charge in [0.05, 0.1) is 17.5 Å². The lowest BCUT2D eigenvalue weighted by atomic mass is 10.0. The molecule has 0 amide bonds. The highest BCUT2D eigenvalue weighted by molar-refractivity contribution is 5.29. The van der Waals surface area contributed by atoms with Crippen LogP contribution in [0.2, 0.25) is 0 Å². The zero-order chi connectivity index (χ0) is 13.2. The zero-order valence-corrected chi connectivity index (χ0v) is 9.09. The molecule has 0 saturated carbocycles. The van der Waals surface area contributed by atoms with Crippen molar-refractivity contribution in [1.82, 2.24) is 9.97 Å². The number of hydrogen-bond acceptors (Lipinski definition) is 3. The van der Waals surface area contributed by atoms with Gasteiger partial charge in [0.2, 0.25) is 0 Å². The lowest BCUT2D eigenvalue weighted by Gasteiger charge is -2.11. The summed E-state index contributed by atoms with van der Waals surface area (Å²) < 4.78 is 37.1. The van der Waals surface area contributed by atoms with E-state index in [9.17, 15) is 18.3 Å². The lowest BCUT2D eigenvalue weighted by molar-refractivity contribution is -0.137. The summed E-state index contributed by atoms with van der Waals surface area (Å²) in [6.07, 6.45) is -1.25. The van der Waals surface area contributed by atoms with E-state index in [1.165, 1.54) is 30.7 Å². The Morgan fingerprint density at radius 2 is 1.72 bits per heavy atom. The van der Waals surface area contributed by atoms with Crippen LogP contribution < -0.4 is 0 Å². The van der Waals surface area contributed by atoms with E-state index in [-0.39, 0.29) is 5.69 Å². The molecule has 2 aromatic rings. The van der Waals surface area contributed by atoms with Gasteiger partial charge in [-0.2, -0.15) is 13.2 Å². The van der Waals surface area contributed by atoms with Crippen LogP contribution >= 0.6 is 0 Å². The van der Waals surface area contributed by atoms with Gasteiger partial charge in [0, 0.05) is 12.4 Å². The first-order chi connectivity index (χ1) is 8.48. The summed E-state index contributed by atoms with van der Waals surface area (Å²) in [6.45, 7) is 0. The molecular weight excluding hydrogens is 245 g/mol. The van der Waals surface area contributed by atoms with Crippen molar-refractivity contribution in [3.05, 3.63) is 59.7 Å². The molecule has 1 aromatic carbocycles. The number of aromatic nitrogens is 2. The van der Waals surface area contributed by atoms with Gasteiger partial charge in [0.25, 0.3) is 0 Å². The molecule has 0 saturated heterocycles. The van der Waals surface area contributed by atoms with Crippen LogP contribution in [0.15, 0.2) is 42.9 Å². The fraction of sp³-hybridized carbons (Fsp3) is 0.167. The number of rotatable bonds is 2. The minimum absolute atomic E-state index is 0.289. The first kappa shape index (κ1) is 12.5. The molecule has 0 radical (unpaired) electrons. The molecule has 0 aliphatic rings. The van der Waals surface area contributed by atoms with Crippen LogP contribution in [0.4, 0.5) is 13.2 Å². The molecular formula is C12H9F3N2O. The van der Waals surface area contributed by atoms with Crippen molar-refractivity contribution in [2.75, 3.05) is 0 Å². The zero-order valence-electron chi connectivity index (χ0n) is 9.09. The van der Waals surface area contributed by atoms with Crippen LogP contribution in [0.1, 0.15) is 22.9 Å². The van der Waals surface area contributed by atoms with E-state index in [1.54, 1.807) is 0 Å². The Bertz CT molecular complexity index is 511. The molecule has 0 spiro atoms. The predicted molar refractivity (Wildman–Crippen MR) is 57.5 cm³/mol. The molecule has 18 heavy (non-hydrogen) atoms. The summed E-state index contributed by atoms with van der Waals surface area (Å²) in [4.78, 5) is 7.68. The maximum Gasteiger partial charge on any atom is 0.416 e. The van der Waals surface area contributed by atoms with Crippen molar-refractivity contribution in [3.8, 4) is 0 Å². The summed E-state index contributed by atoms with van der Waals surface area (Å²) in [5.74, 6) is 0. The van der Waals surface area contributed by atoms with Crippen LogP contribution in [0.3, 0.4) is 0 Å². The maximum atomic E-state index is 12.4. The molecule has 0 aliphatic heterocycles. The van der Waals surface area contributed by atoms with Crippen molar-refractivity contribution in [3.63, 3.8) is 0 Å². The summed E-state index contributed by atoms with van der Waals surface area (Å²) in [7, 11) is 0. The van der Waals surface area contributed by atoms with Gasteiger partial charge in [-0.05, 0) is 17.7 Å². The average Bonchev–Trinajstić information content (AvgIpc) is 2.38. The first-order valence-electron chi connectivity index (χ1n) is 5.09. The molecule has 0 aliphatic carbocycles. The number of hydrogen-bond donors (Lipinski definition) is 1. The molecule has 1 N–H and O–H groups in total. The van der Waals surface area contributed by atoms with Crippen LogP contribution in [-0.4, -0.2) is 15.1 Å². The van der Waals surface area contributed by atoms with Crippen molar-refractivity contribution >= 4 is 0 Å². The molecule has 3 nitrogen and oxygen atoms in total. The van der Waals surface area contributed by atoms with E-state index in [0.29, 0.717) is 5.56 Å².